The van der Waals surface area contributed by atoms with Crippen LogP contribution >= 0.6 is 0 Å². The topological polar surface area (TPSA) is 77.2 Å². The van der Waals surface area contributed by atoms with Crippen LogP contribution in [0, 0.1) is 0 Å². The number of hydrogen-bond donors (Lipinski definition) is 3. The lowest BCUT2D eigenvalue weighted by molar-refractivity contribution is 0.316. The second kappa shape index (κ2) is 4.45. The maximum atomic E-state index is 8.58. The minimum absolute atomic E-state index is 0.156. The van der Waals surface area contributed by atoms with Crippen molar-refractivity contribution in [3.8, 4) is 0 Å². The van der Waals surface area contributed by atoms with E-state index in [1.165, 1.54) is 0 Å². The molecular formula is C9H13N3O2. The Bertz CT molecular complexity index is 329. The van der Waals surface area contributed by atoms with Gasteiger partial charge in [-0.05, 0) is 19.9 Å². The van der Waals surface area contributed by atoms with Crippen molar-refractivity contribution < 1.29 is 10.4 Å². The number of allylic oxidation sites excluding steroid dienone is 3. The molecule has 0 aliphatic carbocycles. The van der Waals surface area contributed by atoms with Gasteiger partial charge < -0.3 is 15.7 Å². The lowest BCUT2D eigenvalue weighted by atomic mass is 10.1. The summed E-state index contributed by atoms with van der Waals surface area (Å²) in [5.74, 6) is 0. The predicted octanol–water partition coefficient (Wildman–Crippen LogP) is 1.10. The molecular weight excluding hydrogens is 182 g/mol. The smallest absolute Gasteiger partial charge is 0.0995 e. The van der Waals surface area contributed by atoms with Gasteiger partial charge in [0.2, 0.25) is 0 Å². The van der Waals surface area contributed by atoms with E-state index in [1.54, 1.807) is 19.9 Å². The molecule has 1 aliphatic heterocycles. The third kappa shape index (κ3) is 2.12. The molecule has 0 spiro atoms. The van der Waals surface area contributed by atoms with Crippen LogP contribution in [0.1, 0.15) is 13.8 Å². The zero-order valence-corrected chi connectivity index (χ0v) is 8.10. The van der Waals surface area contributed by atoms with Crippen LogP contribution in [0.3, 0.4) is 0 Å². The van der Waals surface area contributed by atoms with Crippen molar-refractivity contribution >= 4 is 11.4 Å². The molecule has 0 aromatic heterocycles. The molecule has 1 unspecified atom stereocenters. The molecule has 1 heterocycles. The summed E-state index contributed by atoms with van der Waals surface area (Å²) in [6.45, 7) is 3.39. The first-order valence-corrected chi connectivity index (χ1v) is 4.21. The number of oxime groups is 2. The maximum Gasteiger partial charge on any atom is 0.0995 e. The molecule has 0 saturated carbocycles. The van der Waals surface area contributed by atoms with Crippen LogP contribution < -0.4 is 5.32 Å². The van der Waals surface area contributed by atoms with Gasteiger partial charge >= 0.3 is 0 Å². The van der Waals surface area contributed by atoms with Crippen molar-refractivity contribution in [2.75, 3.05) is 0 Å². The molecule has 76 valence electrons. The van der Waals surface area contributed by atoms with Crippen molar-refractivity contribution in [3.63, 3.8) is 0 Å². The highest BCUT2D eigenvalue weighted by atomic mass is 16.4. The first kappa shape index (κ1) is 10.3. The number of nitrogens with zero attached hydrogens (tertiary/aromatic N) is 2. The van der Waals surface area contributed by atoms with Crippen LogP contribution in [0.2, 0.25) is 0 Å². The summed E-state index contributed by atoms with van der Waals surface area (Å²) >= 11 is 0. The molecule has 0 aromatic rings. The first-order valence-electron chi connectivity index (χ1n) is 4.21. The van der Waals surface area contributed by atoms with Gasteiger partial charge in [0.25, 0.3) is 0 Å². The van der Waals surface area contributed by atoms with Gasteiger partial charge in [-0.3, -0.25) is 0 Å². The Morgan fingerprint density at radius 3 is 2.64 bits per heavy atom. The van der Waals surface area contributed by atoms with Crippen LogP contribution in [-0.2, 0) is 0 Å². The third-order valence-electron chi connectivity index (χ3n) is 2.03. The average Bonchev–Trinajstić information content (AvgIpc) is 2.27. The second-order valence-corrected chi connectivity index (χ2v) is 3.01. The van der Waals surface area contributed by atoms with E-state index >= 15 is 0 Å². The fraction of sp³-hybridized carbons (Fsp3) is 0.333. The fourth-order valence-corrected chi connectivity index (χ4v) is 1.11. The van der Waals surface area contributed by atoms with E-state index < -0.39 is 0 Å². The molecule has 0 bridgehead atoms. The molecule has 1 aliphatic rings. The van der Waals surface area contributed by atoms with E-state index in [0.717, 1.165) is 0 Å². The van der Waals surface area contributed by atoms with E-state index in [1.807, 2.05) is 12.2 Å². The lowest BCUT2D eigenvalue weighted by Crippen LogP contribution is -2.36. The zero-order valence-electron chi connectivity index (χ0n) is 8.10. The van der Waals surface area contributed by atoms with Crippen LogP contribution in [0.4, 0.5) is 0 Å². The molecule has 0 aromatic carbocycles. The van der Waals surface area contributed by atoms with Crippen molar-refractivity contribution in [1.82, 2.24) is 5.32 Å². The summed E-state index contributed by atoms with van der Waals surface area (Å²) in [7, 11) is 0. The molecule has 5 nitrogen and oxygen atoms in total. The highest BCUT2D eigenvalue weighted by Crippen LogP contribution is 2.05. The highest BCUT2D eigenvalue weighted by Gasteiger charge is 2.14. The molecule has 1 rings (SSSR count). The van der Waals surface area contributed by atoms with Crippen LogP contribution in [0.5, 0.6) is 0 Å². The summed E-state index contributed by atoms with van der Waals surface area (Å²) in [4.78, 5) is 0. The number of dihydropyridines is 1. The van der Waals surface area contributed by atoms with Crippen molar-refractivity contribution in [3.05, 3.63) is 23.9 Å². The third-order valence-corrected chi connectivity index (χ3v) is 2.03. The summed E-state index contributed by atoms with van der Waals surface area (Å²) < 4.78 is 0. The molecule has 5 heteroatoms. The normalized spacial score (nSPS) is 23.0. The SMILES string of the molecule is CC(=NO)C1=CC=CC(C(C)=NO)N1. The summed E-state index contributed by atoms with van der Waals surface area (Å²) in [5, 5.41) is 26.4. The Kier molecular flexibility index (Phi) is 3.28. The van der Waals surface area contributed by atoms with Crippen LogP contribution in [-0.4, -0.2) is 27.9 Å². The monoisotopic (exact) mass is 195 g/mol. The number of nitrogens with one attached hydrogen (secondary N) is 1. The Hall–Kier alpha value is -1.78. The first-order chi connectivity index (χ1) is 6.69. The minimum Gasteiger partial charge on any atom is -0.411 e. The Morgan fingerprint density at radius 1 is 1.36 bits per heavy atom. The predicted molar refractivity (Wildman–Crippen MR) is 53.9 cm³/mol. The van der Waals surface area contributed by atoms with Gasteiger partial charge in [0.15, 0.2) is 0 Å². The van der Waals surface area contributed by atoms with Crippen LogP contribution in [0.15, 0.2) is 34.2 Å². The zero-order chi connectivity index (χ0) is 10.6. The molecule has 0 fully saturated rings. The minimum atomic E-state index is -0.156. The van der Waals surface area contributed by atoms with Crippen molar-refractivity contribution in [2.24, 2.45) is 10.3 Å². The van der Waals surface area contributed by atoms with E-state index in [-0.39, 0.29) is 6.04 Å². The Labute approximate surface area is 82.1 Å². The molecule has 0 amide bonds. The molecule has 1 atom stereocenters. The van der Waals surface area contributed by atoms with Gasteiger partial charge in [-0.2, -0.15) is 0 Å². The van der Waals surface area contributed by atoms with Gasteiger partial charge in [-0.25, -0.2) is 0 Å². The van der Waals surface area contributed by atoms with Crippen molar-refractivity contribution in [2.45, 2.75) is 19.9 Å². The lowest BCUT2D eigenvalue weighted by Gasteiger charge is -2.20. The van der Waals surface area contributed by atoms with Crippen molar-refractivity contribution in [1.29, 1.82) is 0 Å². The summed E-state index contributed by atoms with van der Waals surface area (Å²) in [5.41, 5.74) is 1.76. The quantitative estimate of drug-likeness (QED) is 0.351. The number of hydrogen-bond acceptors (Lipinski definition) is 5. The molecule has 14 heavy (non-hydrogen) atoms. The van der Waals surface area contributed by atoms with Gasteiger partial charge in [0, 0.05) is 0 Å². The van der Waals surface area contributed by atoms with Gasteiger partial charge in [0.1, 0.15) is 0 Å². The Morgan fingerprint density at radius 2 is 2.07 bits per heavy atom. The van der Waals surface area contributed by atoms with Gasteiger partial charge in [-0.1, -0.05) is 22.5 Å². The van der Waals surface area contributed by atoms with E-state index in [4.69, 9.17) is 10.4 Å². The second-order valence-electron chi connectivity index (χ2n) is 3.01. The van der Waals surface area contributed by atoms with E-state index in [9.17, 15) is 0 Å². The largest absolute Gasteiger partial charge is 0.411 e. The molecule has 3 N–H and O–H groups in total. The fourth-order valence-electron chi connectivity index (χ4n) is 1.11. The van der Waals surface area contributed by atoms with Crippen LogP contribution in [0.25, 0.3) is 0 Å². The van der Waals surface area contributed by atoms with E-state index in [0.29, 0.717) is 17.1 Å². The molecule has 0 saturated heterocycles. The highest BCUT2D eigenvalue weighted by molar-refractivity contribution is 5.99. The standard InChI is InChI=1S/C9H13N3O2/c1-6(11-13)8-4-3-5-9(10-8)7(2)12-14/h3-5,8,10,13-14H,1-2H3. The summed E-state index contributed by atoms with van der Waals surface area (Å²) in [6.07, 6.45) is 5.46. The Balaban J connectivity index is 2.79. The molecule has 0 radical (unpaired) electrons. The van der Waals surface area contributed by atoms with Gasteiger partial charge in [-0.15, -0.1) is 0 Å². The van der Waals surface area contributed by atoms with Gasteiger partial charge in [0.05, 0.1) is 23.2 Å². The number of rotatable bonds is 2. The average molecular weight is 195 g/mol. The summed E-state index contributed by atoms with van der Waals surface area (Å²) in [6, 6.07) is -0.156. The van der Waals surface area contributed by atoms with E-state index in [2.05, 4.69) is 15.6 Å². The maximum absolute atomic E-state index is 8.58.